The Hall–Kier alpha value is -1.07. The zero-order valence-electron chi connectivity index (χ0n) is 15.3. The second-order valence-corrected chi connectivity index (χ2v) is 9.07. The van der Waals surface area contributed by atoms with E-state index in [0.29, 0.717) is 30.0 Å². The Morgan fingerprint density at radius 1 is 1.28 bits per heavy atom. The molecular weight excluding hydrogens is 378 g/mol. The first-order chi connectivity index (χ1) is 12.0. The highest BCUT2D eigenvalue weighted by atomic mass is 79.9. The highest BCUT2D eigenvalue weighted by Gasteiger charge is 2.59. The first-order valence-electron chi connectivity index (χ1n) is 9.45. The Balaban J connectivity index is 1.38. The molecule has 5 atom stereocenters. The van der Waals surface area contributed by atoms with E-state index in [4.69, 9.17) is 9.73 Å². The van der Waals surface area contributed by atoms with Gasteiger partial charge in [0.2, 0.25) is 0 Å². The fourth-order valence-electron chi connectivity index (χ4n) is 4.66. The number of benzene rings is 1. The molecule has 136 valence electrons. The lowest BCUT2D eigenvalue weighted by molar-refractivity contribution is -0.106. The molecule has 2 N–H and O–H groups in total. The van der Waals surface area contributed by atoms with E-state index in [0.717, 1.165) is 30.0 Å². The lowest BCUT2D eigenvalue weighted by atomic mass is 9.57. The molecule has 4 rings (SSSR count). The van der Waals surface area contributed by atoms with Crippen LogP contribution < -0.4 is 10.6 Å². The summed E-state index contributed by atoms with van der Waals surface area (Å²) in [6.45, 7) is 8.41. The van der Waals surface area contributed by atoms with Gasteiger partial charge in [-0.1, -0.05) is 41.9 Å². The molecule has 1 aliphatic heterocycles. The molecule has 2 saturated carbocycles. The van der Waals surface area contributed by atoms with Crippen LogP contribution in [0.1, 0.15) is 45.1 Å². The summed E-state index contributed by atoms with van der Waals surface area (Å²) >= 11 is 3.51. The maximum atomic E-state index is 5.91. The molecule has 0 amide bonds. The van der Waals surface area contributed by atoms with Crippen LogP contribution in [-0.4, -0.2) is 37.3 Å². The number of halogens is 1. The summed E-state index contributed by atoms with van der Waals surface area (Å²) in [6.07, 6.45) is 2.75. The first-order valence-corrected chi connectivity index (χ1v) is 10.2. The molecule has 3 fully saturated rings. The van der Waals surface area contributed by atoms with Gasteiger partial charge in [-0.25, -0.2) is 0 Å². The quantitative estimate of drug-likeness (QED) is 0.593. The summed E-state index contributed by atoms with van der Waals surface area (Å²) in [5, 5.41) is 7.38. The third-order valence-corrected chi connectivity index (χ3v) is 6.65. The number of nitrogens with zero attached hydrogens (tertiary/aromatic N) is 1. The van der Waals surface area contributed by atoms with Gasteiger partial charge in [0.25, 0.3) is 0 Å². The predicted octanol–water partition coefficient (Wildman–Crippen LogP) is 3.67. The number of hydrogen-bond acceptors (Lipinski definition) is 2. The zero-order chi connectivity index (χ0) is 17.6. The third-order valence-electron chi connectivity index (χ3n) is 6.12. The number of rotatable bonds is 4. The standard InChI is InChI=1S/C20H28BrN3O/c1-4-22-19(24-17-14-9-10-25-18(14)20(17,2)3)23-16-11-15(16)12-5-7-13(21)8-6-12/h5-8,14-18H,4,9-11H2,1-3H3,(H2,22,23,24). The van der Waals surface area contributed by atoms with E-state index in [1.165, 1.54) is 12.0 Å². The van der Waals surface area contributed by atoms with Crippen LogP contribution in [0.5, 0.6) is 0 Å². The van der Waals surface area contributed by atoms with Crippen LogP contribution in [-0.2, 0) is 4.74 Å². The highest BCUT2D eigenvalue weighted by Crippen LogP contribution is 2.52. The van der Waals surface area contributed by atoms with Gasteiger partial charge in [0, 0.05) is 47.0 Å². The third kappa shape index (κ3) is 3.21. The second kappa shape index (κ2) is 6.58. The van der Waals surface area contributed by atoms with E-state index in [9.17, 15) is 0 Å². The van der Waals surface area contributed by atoms with E-state index in [1.807, 2.05) is 0 Å². The molecule has 4 nitrogen and oxygen atoms in total. The van der Waals surface area contributed by atoms with E-state index < -0.39 is 0 Å². The molecule has 1 saturated heterocycles. The number of ether oxygens (including phenoxy) is 1. The molecule has 0 spiro atoms. The number of aliphatic imine (C=N–C) groups is 1. The van der Waals surface area contributed by atoms with Crippen molar-refractivity contribution in [3.63, 3.8) is 0 Å². The van der Waals surface area contributed by atoms with Crippen LogP contribution in [0.25, 0.3) is 0 Å². The summed E-state index contributed by atoms with van der Waals surface area (Å²) in [4.78, 5) is 4.69. The van der Waals surface area contributed by atoms with Crippen LogP contribution >= 0.6 is 15.9 Å². The SMILES string of the molecule is CCN=C(NC1CC1c1ccc(Br)cc1)NC1C2CCOC2C1(C)C. The lowest BCUT2D eigenvalue weighted by Gasteiger charge is -2.55. The van der Waals surface area contributed by atoms with Crippen molar-refractivity contribution in [2.75, 3.05) is 13.2 Å². The van der Waals surface area contributed by atoms with E-state index >= 15 is 0 Å². The molecule has 1 heterocycles. The van der Waals surface area contributed by atoms with Crippen LogP contribution in [0.3, 0.4) is 0 Å². The number of hydrogen-bond donors (Lipinski definition) is 2. The highest BCUT2D eigenvalue weighted by molar-refractivity contribution is 9.10. The Morgan fingerprint density at radius 3 is 2.76 bits per heavy atom. The molecule has 5 heteroatoms. The van der Waals surface area contributed by atoms with Crippen molar-refractivity contribution in [1.29, 1.82) is 0 Å². The Morgan fingerprint density at radius 2 is 2.04 bits per heavy atom. The average molecular weight is 406 g/mol. The lowest BCUT2D eigenvalue weighted by Crippen LogP contribution is -2.68. The summed E-state index contributed by atoms with van der Waals surface area (Å²) < 4.78 is 7.05. The molecule has 0 aromatic heterocycles. The monoisotopic (exact) mass is 405 g/mol. The largest absolute Gasteiger partial charge is 0.377 e. The van der Waals surface area contributed by atoms with Gasteiger partial charge >= 0.3 is 0 Å². The molecule has 0 bridgehead atoms. The minimum atomic E-state index is 0.173. The maximum absolute atomic E-state index is 5.91. The van der Waals surface area contributed by atoms with Crippen LogP contribution in [0.15, 0.2) is 33.7 Å². The van der Waals surface area contributed by atoms with E-state index in [2.05, 4.69) is 71.6 Å². The summed E-state index contributed by atoms with van der Waals surface area (Å²) in [6, 6.07) is 9.62. The topological polar surface area (TPSA) is 45.7 Å². The zero-order valence-corrected chi connectivity index (χ0v) is 16.8. The smallest absolute Gasteiger partial charge is 0.191 e. The predicted molar refractivity (Wildman–Crippen MR) is 105 cm³/mol. The van der Waals surface area contributed by atoms with Gasteiger partial charge in [0.15, 0.2) is 5.96 Å². The minimum absolute atomic E-state index is 0.173. The number of guanidine groups is 1. The van der Waals surface area contributed by atoms with Gasteiger partial charge in [-0.15, -0.1) is 0 Å². The summed E-state index contributed by atoms with van der Waals surface area (Å²) in [5.41, 5.74) is 1.58. The van der Waals surface area contributed by atoms with Crippen molar-refractivity contribution in [3.8, 4) is 0 Å². The Kier molecular flexibility index (Phi) is 4.57. The molecule has 5 unspecified atom stereocenters. The average Bonchev–Trinajstić information content (AvgIpc) is 3.18. The molecular formula is C20H28BrN3O. The van der Waals surface area contributed by atoms with Crippen molar-refractivity contribution in [2.45, 2.75) is 57.7 Å². The van der Waals surface area contributed by atoms with Gasteiger partial charge in [-0.3, -0.25) is 4.99 Å². The second-order valence-electron chi connectivity index (χ2n) is 8.15. The number of fused-ring (bicyclic) bond motifs is 1. The summed E-state index contributed by atoms with van der Waals surface area (Å²) in [7, 11) is 0. The van der Waals surface area contributed by atoms with Crippen molar-refractivity contribution >= 4 is 21.9 Å². The fourth-order valence-corrected chi connectivity index (χ4v) is 4.93. The molecule has 3 aliphatic rings. The normalized spacial score (nSPS) is 35.7. The van der Waals surface area contributed by atoms with Gasteiger partial charge in [0.05, 0.1) is 6.10 Å². The van der Waals surface area contributed by atoms with Gasteiger partial charge in [-0.2, -0.15) is 0 Å². The maximum Gasteiger partial charge on any atom is 0.191 e. The molecule has 1 aromatic carbocycles. The molecule has 0 radical (unpaired) electrons. The summed E-state index contributed by atoms with van der Waals surface area (Å²) in [5.74, 6) is 2.18. The van der Waals surface area contributed by atoms with Crippen LogP contribution in [0, 0.1) is 11.3 Å². The molecule has 1 aromatic rings. The van der Waals surface area contributed by atoms with Crippen LogP contribution in [0.4, 0.5) is 0 Å². The van der Waals surface area contributed by atoms with Gasteiger partial charge in [0.1, 0.15) is 0 Å². The minimum Gasteiger partial charge on any atom is -0.377 e. The number of nitrogens with one attached hydrogen (secondary N) is 2. The van der Waals surface area contributed by atoms with Crippen molar-refractivity contribution in [2.24, 2.45) is 16.3 Å². The van der Waals surface area contributed by atoms with Crippen molar-refractivity contribution in [1.82, 2.24) is 10.6 Å². The van der Waals surface area contributed by atoms with E-state index in [1.54, 1.807) is 0 Å². The van der Waals surface area contributed by atoms with Crippen molar-refractivity contribution < 1.29 is 4.74 Å². The van der Waals surface area contributed by atoms with Crippen molar-refractivity contribution in [3.05, 3.63) is 34.3 Å². The molecule has 25 heavy (non-hydrogen) atoms. The first kappa shape index (κ1) is 17.3. The Bertz CT molecular complexity index is 657. The van der Waals surface area contributed by atoms with Crippen LogP contribution in [0.2, 0.25) is 0 Å². The van der Waals surface area contributed by atoms with E-state index in [-0.39, 0.29) is 5.41 Å². The molecule has 2 aliphatic carbocycles. The van der Waals surface area contributed by atoms with Gasteiger partial charge in [-0.05, 0) is 37.5 Å². The fraction of sp³-hybridized carbons (Fsp3) is 0.650. The van der Waals surface area contributed by atoms with Gasteiger partial charge < -0.3 is 15.4 Å². The Labute approximate surface area is 158 Å².